The summed E-state index contributed by atoms with van der Waals surface area (Å²) in [5.41, 5.74) is 2.04. The molecule has 0 spiro atoms. The van der Waals surface area contributed by atoms with Crippen LogP contribution in [0, 0.1) is 0 Å². The highest BCUT2D eigenvalue weighted by molar-refractivity contribution is 6.28. The lowest BCUT2D eigenvalue weighted by atomic mass is 10.2. The summed E-state index contributed by atoms with van der Waals surface area (Å²) >= 11 is 6.16. The fourth-order valence-corrected chi connectivity index (χ4v) is 2.82. The highest BCUT2D eigenvalue weighted by Gasteiger charge is 2.11. The van der Waals surface area contributed by atoms with Crippen LogP contribution in [0.15, 0.2) is 42.6 Å². The molecule has 2 heterocycles. The van der Waals surface area contributed by atoms with E-state index in [0.29, 0.717) is 11.8 Å². The van der Waals surface area contributed by atoms with Gasteiger partial charge in [-0.2, -0.15) is 5.10 Å². The summed E-state index contributed by atoms with van der Waals surface area (Å²) < 4.78 is 3.32. The Labute approximate surface area is 150 Å². The predicted molar refractivity (Wildman–Crippen MR) is 95.5 cm³/mol. The Hall–Kier alpha value is -2.60. The first kappa shape index (κ1) is 17.2. The third-order valence-electron chi connectivity index (χ3n) is 3.94. The maximum atomic E-state index is 11.2. The van der Waals surface area contributed by atoms with E-state index in [1.54, 1.807) is 27.6 Å². The molecule has 0 radical (unpaired) electrons. The minimum atomic E-state index is -0.955. The summed E-state index contributed by atoms with van der Waals surface area (Å²) in [7, 11) is 0. The molecular weight excluding hydrogens is 340 g/mol. The molecule has 25 heavy (non-hydrogen) atoms. The van der Waals surface area contributed by atoms with Crippen LogP contribution in [-0.2, 0) is 13.0 Å². The molecule has 1 aromatic carbocycles. The summed E-state index contributed by atoms with van der Waals surface area (Å²) in [6.45, 7) is 2.65. The van der Waals surface area contributed by atoms with Crippen molar-refractivity contribution in [3.05, 3.63) is 65.0 Å². The van der Waals surface area contributed by atoms with Crippen molar-refractivity contribution in [3.63, 3.8) is 0 Å². The van der Waals surface area contributed by atoms with Crippen molar-refractivity contribution in [1.82, 2.24) is 19.3 Å². The van der Waals surface area contributed by atoms with Crippen LogP contribution in [0.3, 0.4) is 0 Å². The number of rotatable bonds is 7. The van der Waals surface area contributed by atoms with E-state index in [4.69, 9.17) is 11.6 Å². The summed E-state index contributed by atoms with van der Waals surface area (Å²) in [4.78, 5) is 15.5. The molecule has 0 aliphatic heterocycles. The fourth-order valence-electron chi connectivity index (χ4n) is 2.62. The number of aryl methyl sites for hydroxylation is 1. The molecule has 130 valence electrons. The van der Waals surface area contributed by atoms with Crippen LogP contribution in [0.25, 0.3) is 5.69 Å². The van der Waals surface area contributed by atoms with Gasteiger partial charge in [-0.05, 0) is 47.9 Å². The van der Waals surface area contributed by atoms with Crippen molar-refractivity contribution in [2.45, 2.75) is 32.7 Å². The normalized spacial score (nSPS) is 11.0. The van der Waals surface area contributed by atoms with Gasteiger partial charge < -0.3 is 9.67 Å². The van der Waals surface area contributed by atoms with Gasteiger partial charge in [-0.3, -0.25) is 0 Å². The topological polar surface area (TPSA) is 72.9 Å². The Morgan fingerprint density at radius 2 is 2.00 bits per heavy atom. The monoisotopic (exact) mass is 358 g/mol. The average Bonchev–Trinajstić information content (AvgIpc) is 3.21. The van der Waals surface area contributed by atoms with Gasteiger partial charge in [0.2, 0.25) is 5.28 Å². The number of hydrogen-bond donors (Lipinski definition) is 1. The van der Waals surface area contributed by atoms with Crippen LogP contribution in [0.1, 0.15) is 41.6 Å². The van der Waals surface area contributed by atoms with E-state index in [-0.39, 0.29) is 5.69 Å². The molecule has 0 fully saturated rings. The van der Waals surface area contributed by atoms with Gasteiger partial charge in [-0.15, -0.1) is 0 Å². The Kier molecular flexibility index (Phi) is 5.19. The summed E-state index contributed by atoms with van der Waals surface area (Å²) in [5, 5.41) is 14.0. The third-order valence-corrected chi connectivity index (χ3v) is 4.22. The molecule has 0 aliphatic carbocycles. The van der Waals surface area contributed by atoms with E-state index in [2.05, 4.69) is 17.0 Å². The molecule has 7 heteroatoms. The van der Waals surface area contributed by atoms with E-state index in [1.165, 1.54) is 0 Å². The number of benzene rings is 1. The van der Waals surface area contributed by atoms with Gasteiger partial charge in [-0.1, -0.05) is 25.5 Å². The first-order chi connectivity index (χ1) is 12.1. The van der Waals surface area contributed by atoms with Gasteiger partial charge in [0.05, 0.1) is 6.54 Å². The first-order valence-electron chi connectivity index (χ1n) is 8.17. The van der Waals surface area contributed by atoms with Crippen molar-refractivity contribution >= 4 is 17.6 Å². The zero-order valence-corrected chi connectivity index (χ0v) is 14.6. The maximum absolute atomic E-state index is 11.2. The minimum absolute atomic E-state index is 0.229. The van der Waals surface area contributed by atoms with E-state index >= 15 is 0 Å². The molecule has 0 amide bonds. The Morgan fingerprint density at radius 3 is 2.68 bits per heavy atom. The number of carbonyl (C=O) groups is 1. The van der Waals surface area contributed by atoms with Crippen molar-refractivity contribution in [2.24, 2.45) is 0 Å². The lowest BCUT2D eigenvalue weighted by Gasteiger charge is -2.08. The second-order valence-electron chi connectivity index (χ2n) is 5.79. The standard InChI is InChI=1S/C18H19ClN4O2/c1-2-3-6-16-20-18(19)23(21-16)12-13-7-9-14(10-8-13)22-11-4-5-15(22)17(24)25/h4-5,7-11H,2-3,6,12H2,1H3,(H,24,25). The molecule has 6 nitrogen and oxygen atoms in total. The molecule has 0 atom stereocenters. The lowest BCUT2D eigenvalue weighted by molar-refractivity contribution is 0.0688. The number of unbranched alkanes of at least 4 members (excludes halogenated alkanes) is 1. The molecule has 3 rings (SSSR count). The zero-order valence-electron chi connectivity index (χ0n) is 13.9. The van der Waals surface area contributed by atoms with Crippen molar-refractivity contribution in [1.29, 1.82) is 0 Å². The van der Waals surface area contributed by atoms with E-state index in [0.717, 1.165) is 36.3 Å². The summed E-state index contributed by atoms with van der Waals surface area (Å²) in [5.74, 6) is -0.190. The van der Waals surface area contributed by atoms with Gasteiger partial charge in [0, 0.05) is 18.3 Å². The number of hydrogen-bond acceptors (Lipinski definition) is 3. The SMILES string of the molecule is CCCCc1nc(Cl)n(Cc2ccc(-n3cccc3C(=O)O)cc2)n1. The van der Waals surface area contributed by atoms with Crippen LogP contribution in [0.4, 0.5) is 0 Å². The van der Waals surface area contributed by atoms with Gasteiger partial charge in [0.1, 0.15) is 5.69 Å². The van der Waals surface area contributed by atoms with Crippen LogP contribution < -0.4 is 0 Å². The molecule has 0 unspecified atom stereocenters. The number of aromatic nitrogens is 4. The minimum Gasteiger partial charge on any atom is -0.477 e. The van der Waals surface area contributed by atoms with Gasteiger partial charge in [0.15, 0.2) is 5.82 Å². The summed E-state index contributed by atoms with van der Waals surface area (Å²) in [6.07, 6.45) is 4.68. The fraction of sp³-hybridized carbons (Fsp3) is 0.278. The van der Waals surface area contributed by atoms with Crippen LogP contribution in [-0.4, -0.2) is 30.4 Å². The highest BCUT2D eigenvalue weighted by Crippen LogP contribution is 2.16. The largest absolute Gasteiger partial charge is 0.477 e. The van der Waals surface area contributed by atoms with Crippen molar-refractivity contribution in [3.8, 4) is 5.69 Å². The van der Waals surface area contributed by atoms with Crippen LogP contribution >= 0.6 is 11.6 Å². The van der Waals surface area contributed by atoms with E-state index < -0.39 is 5.97 Å². The smallest absolute Gasteiger partial charge is 0.352 e. The van der Waals surface area contributed by atoms with Gasteiger partial charge in [-0.25, -0.2) is 14.5 Å². The number of nitrogens with zero attached hydrogens (tertiary/aromatic N) is 4. The highest BCUT2D eigenvalue weighted by atomic mass is 35.5. The third kappa shape index (κ3) is 3.91. The second kappa shape index (κ2) is 7.53. The molecule has 1 N–H and O–H groups in total. The molecule has 2 aromatic heterocycles. The average molecular weight is 359 g/mol. The maximum Gasteiger partial charge on any atom is 0.352 e. The first-order valence-corrected chi connectivity index (χ1v) is 8.55. The quantitative estimate of drug-likeness (QED) is 0.697. The van der Waals surface area contributed by atoms with Crippen molar-refractivity contribution < 1.29 is 9.90 Å². The van der Waals surface area contributed by atoms with E-state index in [9.17, 15) is 9.90 Å². The Balaban J connectivity index is 1.76. The van der Waals surface area contributed by atoms with E-state index in [1.807, 2.05) is 24.3 Å². The molecule has 0 bridgehead atoms. The molecular formula is C18H19ClN4O2. The van der Waals surface area contributed by atoms with Gasteiger partial charge in [0.25, 0.3) is 0 Å². The van der Waals surface area contributed by atoms with Crippen molar-refractivity contribution in [2.75, 3.05) is 0 Å². The number of halogens is 1. The molecule has 3 aromatic rings. The molecule has 0 aliphatic rings. The summed E-state index contributed by atoms with van der Waals surface area (Å²) in [6, 6.07) is 10.9. The van der Waals surface area contributed by atoms with Crippen LogP contribution in [0.5, 0.6) is 0 Å². The zero-order chi connectivity index (χ0) is 17.8. The molecule has 0 saturated carbocycles. The van der Waals surface area contributed by atoms with Crippen LogP contribution in [0.2, 0.25) is 5.28 Å². The number of carboxylic acids is 1. The number of carboxylic acid groups (broad SMARTS) is 1. The Bertz CT molecular complexity index is 868. The number of aromatic carboxylic acids is 1. The van der Waals surface area contributed by atoms with Gasteiger partial charge >= 0.3 is 5.97 Å². The predicted octanol–water partition coefficient (Wildman–Crippen LogP) is 3.81. The molecule has 0 saturated heterocycles. The lowest BCUT2D eigenvalue weighted by Crippen LogP contribution is -2.06. The second-order valence-corrected chi connectivity index (χ2v) is 6.13. The Morgan fingerprint density at radius 1 is 1.24 bits per heavy atom.